The van der Waals surface area contributed by atoms with Gasteiger partial charge in [0.25, 0.3) is 5.56 Å². The van der Waals surface area contributed by atoms with Gasteiger partial charge < -0.3 is 23.5 Å². The van der Waals surface area contributed by atoms with Crippen LogP contribution in [0, 0.1) is 11.3 Å². The Bertz CT molecular complexity index is 986. The molecule has 1 unspecified atom stereocenters. The summed E-state index contributed by atoms with van der Waals surface area (Å²) in [5.74, 6) is 1.03. The lowest BCUT2D eigenvalue weighted by molar-refractivity contribution is -0.101. The number of rotatable bonds is 4. The molecule has 1 aromatic carbocycles. The molecule has 7 heteroatoms. The monoisotopic (exact) mass is 382 g/mol. The average molecular weight is 382 g/mol. The Morgan fingerprint density at radius 2 is 2.14 bits per heavy atom. The van der Waals surface area contributed by atoms with Crippen LogP contribution in [0.4, 0.5) is 0 Å². The van der Waals surface area contributed by atoms with Crippen molar-refractivity contribution in [3.8, 4) is 28.8 Å². The van der Waals surface area contributed by atoms with Gasteiger partial charge in [-0.15, -0.1) is 0 Å². The van der Waals surface area contributed by atoms with Gasteiger partial charge in [-0.1, -0.05) is 0 Å². The molecule has 1 saturated heterocycles. The molecule has 0 saturated carbocycles. The maximum Gasteiger partial charge on any atom is 0.254 e. The van der Waals surface area contributed by atoms with E-state index in [0.717, 1.165) is 16.8 Å². The second kappa shape index (κ2) is 7.66. The predicted octanol–water partition coefficient (Wildman–Crippen LogP) is 2.31. The highest BCUT2D eigenvalue weighted by Crippen LogP contribution is 2.38. The lowest BCUT2D eigenvalue weighted by Crippen LogP contribution is -2.34. The fourth-order valence-corrected chi connectivity index (χ4v) is 3.82. The summed E-state index contributed by atoms with van der Waals surface area (Å²) in [5, 5.41) is 9.44. The van der Waals surface area contributed by atoms with Gasteiger partial charge in [0.15, 0.2) is 0 Å². The van der Waals surface area contributed by atoms with Crippen LogP contribution in [-0.4, -0.2) is 44.2 Å². The molecule has 7 nitrogen and oxygen atoms in total. The first-order chi connectivity index (χ1) is 13.6. The Balaban J connectivity index is 1.72. The summed E-state index contributed by atoms with van der Waals surface area (Å²) < 4.78 is 23.9. The van der Waals surface area contributed by atoms with Crippen LogP contribution in [0.25, 0.3) is 11.3 Å². The topological polar surface area (TPSA) is 82.7 Å². The normalized spacial score (nSPS) is 20.6. The Morgan fingerprint density at radius 1 is 1.29 bits per heavy atom. The number of pyridine rings is 1. The fourth-order valence-electron chi connectivity index (χ4n) is 3.82. The summed E-state index contributed by atoms with van der Waals surface area (Å²) in [6.07, 6.45) is 0.547. The third kappa shape index (κ3) is 3.37. The van der Waals surface area contributed by atoms with Crippen LogP contribution < -0.4 is 15.0 Å². The zero-order valence-corrected chi connectivity index (χ0v) is 15.9. The minimum absolute atomic E-state index is 0.00299. The number of benzene rings is 1. The van der Waals surface area contributed by atoms with E-state index in [9.17, 15) is 10.1 Å². The number of aromatic nitrogens is 1. The highest BCUT2D eigenvalue weighted by atomic mass is 16.6. The highest BCUT2D eigenvalue weighted by molar-refractivity contribution is 5.71. The Labute approximate surface area is 163 Å². The van der Waals surface area contributed by atoms with Crippen LogP contribution >= 0.6 is 0 Å². The Morgan fingerprint density at radius 3 is 2.86 bits per heavy atom. The van der Waals surface area contributed by atoms with Gasteiger partial charge in [-0.3, -0.25) is 4.79 Å². The molecule has 146 valence electrons. The van der Waals surface area contributed by atoms with E-state index < -0.39 is 0 Å². The van der Waals surface area contributed by atoms with E-state index in [0.29, 0.717) is 49.9 Å². The molecular weight excluding hydrogens is 360 g/mol. The molecule has 0 spiro atoms. The SMILES string of the molecule is COc1cc2c(cc1C#N)-c1cc(OC[C@@H]3COCCO3)cc(=O)n1C(C)C2. The largest absolute Gasteiger partial charge is 0.495 e. The first-order valence-electron chi connectivity index (χ1n) is 9.31. The average Bonchev–Trinajstić information content (AvgIpc) is 2.71. The number of nitriles is 1. The third-order valence-electron chi connectivity index (χ3n) is 5.14. The van der Waals surface area contributed by atoms with E-state index in [4.69, 9.17) is 18.9 Å². The van der Waals surface area contributed by atoms with Crippen molar-refractivity contribution in [2.45, 2.75) is 25.5 Å². The fraction of sp³-hybridized carbons (Fsp3) is 0.429. The van der Waals surface area contributed by atoms with Crippen molar-refractivity contribution >= 4 is 0 Å². The first kappa shape index (κ1) is 18.5. The molecule has 0 bridgehead atoms. The molecule has 4 rings (SSSR count). The summed E-state index contributed by atoms with van der Waals surface area (Å²) in [5.41, 5.74) is 2.96. The molecule has 1 aromatic heterocycles. The number of hydrogen-bond donors (Lipinski definition) is 0. The molecule has 1 fully saturated rings. The summed E-state index contributed by atoms with van der Waals surface area (Å²) in [6, 6.07) is 9.19. The molecule has 0 N–H and O–H groups in total. The van der Waals surface area contributed by atoms with Crippen molar-refractivity contribution in [1.82, 2.24) is 4.57 Å². The van der Waals surface area contributed by atoms with Crippen molar-refractivity contribution in [1.29, 1.82) is 5.26 Å². The molecule has 3 heterocycles. The van der Waals surface area contributed by atoms with Crippen LogP contribution in [0.2, 0.25) is 0 Å². The molecule has 0 radical (unpaired) electrons. The maximum absolute atomic E-state index is 12.8. The van der Waals surface area contributed by atoms with Crippen LogP contribution in [0.1, 0.15) is 24.1 Å². The lowest BCUT2D eigenvalue weighted by atomic mass is 9.91. The number of hydrogen-bond acceptors (Lipinski definition) is 6. The zero-order valence-electron chi connectivity index (χ0n) is 15.9. The third-order valence-corrected chi connectivity index (χ3v) is 5.14. The molecule has 2 atom stereocenters. The van der Waals surface area contributed by atoms with Gasteiger partial charge in [0.1, 0.15) is 30.3 Å². The standard InChI is InChI=1S/C21H22N2O5/c1-13-5-14-7-20(25-2)15(10-22)6-18(14)19-8-16(9-21(24)23(13)19)28-12-17-11-26-3-4-27-17/h6-9,13,17H,3-5,11-12H2,1-2H3/t13?,17-/m0/s1. The van der Waals surface area contributed by atoms with Gasteiger partial charge in [-0.05, 0) is 31.0 Å². The molecule has 0 amide bonds. The van der Waals surface area contributed by atoms with Gasteiger partial charge in [-0.25, -0.2) is 0 Å². The summed E-state index contributed by atoms with van der Waals surface area (Å²) >= 11 is 0. The second-order valence-corrected chi connectivity index (χ2v) is 7.04. The molecule has 2 aliphatic heterocycles. The number of fused-ring (bicyclic) bond motifs is 3. The Hall–Kier alpha value is -2.82. The molecular formula is C21H22N2O5. The van der Waals surface area contributed by atoms with E-state index in [1.165, 1.54) is 6.07 Å². The van der Waals surface area contributed by atoms with Gasteiger partial charge in [0, 0.05) is 23.7 Å². The van der Waals surface area contributed by atoms with Crippen molar-refractivity contribution in [3.05, 3.63) is 45.7 Å². The summed E-state index contributed by atoms with van der Waals surface area (Å²) in [7, 11) is 1.55. The Kier molecular flexibility index (Phi) is 5.07. The van der Waals surface area contributed by atoms with Gasteiger partial charge >= 0.3 is 0 Å². The van der Waals surface area contributed by atoms with Crippen molar-refractivity contribution in [2.75, 3.05) is 33.5 Å². The van der Waals surface area contributed by atoms with E-state index in [2.05, 4.69) is 6.07 Å². The minimum atomic E-state index is -0.145. The van der Waals surface area contributed by atoms with Gasteiger partial charge in [-0.2, -0.15) is 5.26 Å². The second-order valence-electron chi connectivity index (χ2n) is 7.04. The summed E-state index contributed by atoms with van der Waals surface area (Å²) in [6.45, 7) is 3.94. The van der Waals surface area contributed by atoms with E-state index in [-0.39, 0.29) is 17.7 Å². The van der Waals surface area contributed by atoms with Crippen LogP contribution in [0.5, 0.6) is 11.5 Å². The molecule has 2 aliphatic rings. The lowest BCUT2D eigenvalue weighted by Gasteiger charge is -2.29. The van der Waals surface area contributed by atoms with Crippen molar-refractivity contribution < 1.29 is 18.9 Å². The number of methoxy groups -OCH3 is 1. The predicted molar refractivity (Wildman–Crippen MR) is 102 cm³/mol. The van der Waals surface area contributed by atoms with Gasteiger partial charge in [0.2, 0.25) is 0 Å². The molecule has 0 aliphatic carbocycles. The van der Waals surface area contributed by atoms with E-state index in [1.54, 1.807) is 17.7 Å². The zero-order chi connectivity index (χ0) is 19.7. The maximum atomic E-state index is 12.8. The molecule has 28 heavy (non-hydrogen) atoms. The van der Waals surface area contributed by atoms with Crippen LogP contribution in [0.15, 0.2) is 29.1 Å². The van der Waals surface area contributed by atoms with Crippen molar-refractivity contribution in [2.24, 2.45) is 0 Å². The minimum Gasteiger partial charge on any atom is -0.495 e. The van der Waals surface area contributed by atoms with E-state index >= 15 is 0 Å². The molecule has 2 aromatic rings. The first-order valence-corrected chi connectivity index (χ1v) is 9.31. The smallest absolute Gasteiger partial charge is 0.254 e. The van der Waals surface area contributed by atoms with Gasteiger partial charge in [0.05, 0.1) is 38.2 Å². The highest BCUT2D eigenvalue weighted by Gasteiger charge is 2.25. The van der Waals surface area contributed by atoms with E-state index in [1.807, 2.05) is 19.1 Å². The quantitative estimate of drug-likeness (QED) is 0.807. The van der Waals surface area contributed by atoms with Crippen LogP contribution in [-0.2, 0) is 15.9 Å². The number of nitrogens with zero attached hydrogens (tertiary/aromatic N) is 2. The summed E-state index contributed by atoms with van der Waals surface area (Å²) in [4.78, 5) is 12.8. The van der Waals surface area contributed by atoms with Crippen molar-refractivity contribution in [3.63, 3.8) is 0 Å². The number of ether oxygens (including phenoxy) is 4. The van der Waals surface area contributed by atoms with Crippen LogP contribution in [0.3, 0.4) is 0 Å².